The van der Waals surface area contributed by atoms with Gasteiger partial charge in [-0.2, -0.15) is 0 Å². The molecule has 2 amide bonds. The summed E-state index contributed by atoms with van der Waals surface area (Å²) in [5, 5.41) is 0. The van der Waals surface area contributed by atoms with Crippen molar-refractivity contribution in [2.24, 2.45) is 0 Å². The molecule has 0 radical (unpaired) electrons. The highest BCUT2D eigenvalue weighted by Crippen LogP contribution is 2.17. The molecule has 0 bridgehead atoms. The molecule has 6 heteroatoms. The monoisotopic (exact) mass is 379 g/mol. The molecule has 0 unspecified atom stereocenters. The minimum atomic E-state index is -0.908. The number of carbonyl (C=O) groups excluding carboxylic acids is 4. The van der Waals surface area contributed by atoms with Gasteiger partial charge in [-0.1, -0.05) is 42.0 Å². The number of aryl methyl sites for hydroxylation is 1. The quantitative estimate of drug-likeness (QED) is 0.438. The third-order valence-corrected chi connectivity index (χ3v) is 4.67. The van der Waals surface area contributed by atoms with Gasteiger partial charge in [0.25, 0.3) is 0 Å². The van der Waals surface area contributed by atoms with Gasteiger partial charge in [0.1, 0.15) is 0 Å². The van der Waals surface area contributed by atoms with E-state index in [1.54, 1.807) is 43.3 Å². The van der Waals surface area contributed by atoms with Crippen LogP contribution < -0.4 is 0 Å². The maximum Gasteiger partial charge on any atom is 0.338 e. The number of Topliss-reactive ketones (excluding diaryl/α,β-unsaturated/α-hetero) is 1. The van der Waals surface area contributed by atoms with Crippen LogP contribution >= 0.6 is 0 Å². The minimum absolute atomic E-state index is 0.183. The van der Waals surface area contributed by atoms with Crippen molar-refractivity contribution in [2.45, 2.75) is 39.3 Å². The Labute approximate surface area is 163 Å². The molecule has 0 N–H and O–H groups in total. The summed E-state index contributed by atoms with van der Waals surface area (Å²) in [7, 11) is 0. The molecule has 6 nitrogen and oxygen atoms in total. The Kier molecular flexibility index (Phi) is 5.68. The first-order valence-corrected chi connectivity index (χ1v) is 9.09. The molecule has 28 heavy (non-hydrogen) atoms. The smallest absolute Gasteiger partial charge is 0.338 e. The average molecular weight is 379 g/mol. The van der Waals surface area contributed by atoms with Gasteiger partial charge >= 0.3 is 5.97 Å². The highest BCUT2D eigenvalue weighted by Gasteiger charge is 2.28. The van der Waals surface area contributed by atoms with Gasteiger partial charge in [0, 0.05) is 18.4 Å². The summed E-state index contributed by atoms with van der Waals surface area (Å²) >= 11 is 0. The number of esters is 1. The molecule has 2 aromatic carbocycles. The number of ether oxygens (including phenoxy) is 1. The predicted octanol–water partition coefficient (Wildman–Crippen LogP) is 3.07. The normalized spacial score (nSPS) is 14.9. The summed E-state index contributed by atoms with van der Waals surface area (Å²) in [6, 6.07) is 13.5. The molecule has 0 spiro atoms. The molecule has 1 fully saturated rings. The fourth-order valence-corrected chi connectivity index (χ4v) is 2.96. The third kappa shape index (κ3) is 4.34. The number of nitrogens with zero attached hydrogens (tertiary/aromatic N) is 1. The van der Waals surface area contributed by atoms with Gasteiger partial charge in [0.2, 0.25) is 17.6 Å². The van der Waals surface area contributed by atoms with Crippen molar-refractivity contribution in [2.75, 3.05) is 0 Å². The van der Waals surface area contributed by atoms with E-state index in [-0.39, 0.29) is 37.0 Å². The summed E-state index contributed by atoms with van der Waals surface area (Å²) in [6.07, 6.45) is -0.415. The van der Waals surface area contributed by atoms with Crippen LogP contribution in [0.2, 0.25) is 0 Å². The second-order valence-electron chi connectivity index (χ2n) is 6.85. The van der Waals surface area contributed by atoms with Crippen LogP contribution in [0.5, 0.6) is 0 Å². The van der Waals surface area contributed by atoms with E-state index in [0.29, 0.717) is 11.1 Å². The van der Waals surface area contributed by atoms with Crippen LogP contribution in [-0.4, -0.2) is 34.6 Å². The minimum Gasteiger partial charge on any atom is -0.451 e. The molecule has 2 aromatic rings. The predicted molar refractivity (Wildman–Crippen MR) is 102 cm³/mol. The maximum atomic E-state index is 12.4. The Morgan fingerprint density at radius 2 is 1.46 bits per heavy atom. The Morgan fingerprint density at radius 3 is 2.04 bits per heavy atom. The van der Waals surface area contributed by atoms with E-state index in [1.165, 1.54) is 4.90 Å². The molecule has 1 saturated heterocycles. The van der Waals surface area contributed by atoms with E-state index in [1.807, 2.05) is 19.1 Å². The second kappa shape index (κ2) is 8.17. The van der Waals surface area contributed by atoms with Crippen LogP contribution in [0.25, 0.3) is 0 Å². The molecule has 0 saturated carbocycles. The summed E-state index contributed by atoms with van der Waals surface area (Å²) in [4.78, 5) is 49.3. The van der Waals surface area contributed by atoms with Crippen molar-refractivity contribution in [3.8, 4) is 0 Å². The van der Waals surface area contributed by atoms with Crippen LogP contribution in [0.15, 0.2) is 48.5 Å². The molecule has 0 aliphatic carbocycles. The first-order valence-electron chi connectivity index (χ1n) is 9.09. The van der Waals surface area contributed by atoms with Crippen molar-refractivity contribution in [3.63, 3.8) is 0 Å². The van der Waals surface area contributed by atoms with Crippen LogP contribution in [0.1, 0.15) is 51.6 Å². The van der Waals surface area contributed by atoms with E-state index in [2.05, 4.69) is 0 Å². The van der Waals surface area contributed by atoms with Gasteiger partial charge in [-0.15, -0.1) is 0 Å². The lowest BCUT2D eigenvalue weighted by molar-refractivity contribution is -0.139. The fraction of sp³-hybridized carbons (Fsp3) is 0.273. The molecule has 144 valence electrons. The van der Waals surface area contributed by atoms with E-state index in [9.17, 15) is 19.2 Å². The van der Waals surface area contributed by atoms with Crippen molar-refractivity contribution in [3.05, 3.63) is 70.8 Å². The molecule has 3 rings (SSSR count). The maximum absolute atomic E-state index is 12.4. The number of rotatable bonds is 6. The molecule has 1 aliphatic rings. The molecule has 1 heterocycles. The van der Waals surface area contributed by atoms with E-state index < -0.39 is 12.1 Å². The molecule has 1 aliphatic heterocycles. The number of imide groups is 1. The van der Waals surface area contributed by atoms with Gasteiger partial charge in [-0.3, -0.25) is 19.3 Å². The molecular formula is C22H21NO5. The van der Waals surface area contributed by atoms with E-state index >= 15 is 0 Å². The van der Waals surface area contributed by atoms with Gasteiger partial charge in [-0.05, 0) is 31.5 Å². The molecule has 1 atom stereocenters. The van der Waals surface area contributed by atoms with E-state index in [4.69, 9.17) is 4.74 Å². The van der Waals surface area contributed by atoms with Crippen LogP contribution in [0.3, 0.4) is 0 Å². The fourth-order valence-electron chi connectivity index (χ4n) is 2.96. The number of likely N-dealkylation sites (tertiary alicyclic amines) is 1. The molecule has 0 aromatic heterocycles. The number of hydrogen-bond donors (Lipinski definition) is 0. The largest absolute Gasteiger partial charge is 0.451 e. The van der Waals surface area contributed by atoms with Gasteiger partial charge < -0.3 is 4.74 Å². The van der Waals surface area contributed by atoms with Crippen LogP contribution in [0.4, 0.5) is 0 Å². The lowest BCUT2D eigenvalue weighted by atomic mass is 10.1. The van der Waals surface area contributed by atoms with Crippen molar-refractivity contribution in [1.82, 2.24) is 4.90 Å². The highest BCUT2D eigenvalue weighted by molar-refractivity contribution is 6.02. The average Bonchev–Trinajstić information content (AvgIpc) is 3.00. The zero-order valence-corrected chi connectivity index (χ0v) is 15.8. The summed E-state index contributed by atoms with van der Waals surface area (Å²) in [5.74, 6) is -1.24. The SMILES string of the molecule is Cc1ccc(C(=O)[C@@H](C)OC(=O)c2ccc(CN3C(=O)CCC3=O)cc2)cc1. The first-order chi connectivity index (χ1) is 13.3. The van der Waals surface area contributed by atoms with Crippen molar-refractivity contribution < 1.29 is 23.9 Å². The van der Waals surface area contributed by atoms with Gasteiger partial charge in [-0.25, -0.2) is 4.79 Å². The highest BCUT2D eigenvalue weighted by atomic mass is 16.5. The van der Waals surface area contributed by atoms with E-state index in [0.717, 1.165) is 11.1 Å². The summed E-state index contributed by atoms with van der Waals surface area (Å²) in [6.45, 7) is 3.66. The second-order valence-corrected chi connectivity index (χ2v) is 6.85. The van der Waals surface area contributed by atoms with Crippen molar-refractivity contribution in [1.29, 1.82) is 0 Å². The Hall–Kier alpha value is -3.28. The van der Waals surface area contributed by atoms with Gasteiger partial charge in [0.05, 0.1) is 12.1 Å². The van der Waals surface area contributed by atoms with Crippen LogP contribution in [0, 0.1) is 6.92 Å². The van der Waals surface area contributed by atoms with Gasteiger partial charge in [0.15, 0.2) is 6.10 Å². The number of carbonyl (C=O) groups is 4. The lowest BCUT2D eigenvalue weighted by Gasteiger charge is -2.15. The standard InChI is InChI=1S/C22H21NO5/c1-14-3-7-17(8-4-14)21(26)15(2)28-22(27)18-9-5-16(6-10-18)13-23-19(24)11-12-20(23)25/h3-10,15H,11-13H2,1-2H3/t15-/m1/s1. The number of benzene rings is 2. The first kappa shape index (κ1) is 19.5. The van der Waals surface area contributed by atoms with Crippen LogP contribution in [-0.2, 0) is 20.9 Å². The zero-order valence-electron chi connectivity index (χ0n) is 15.8. The Morgan fingerprint density at radius 1 is 0.929 bits per heavy atom. The molecular weight excluding hydrogens is 358 g/mol. The lowest BCUT2D eigenvalue weighted by Crippen LogP contribution is -2.28. The van der Waals surface area contributed by atoms with Crippen molar-refractivity contribution >= 4 is 23.6 Å². The third-order valence-electron chi connectivity index (χ3n) is 4.67. The topological polar surface area (TPSA) is 80.8 Å². The number of hydrogen-bond acceptors (Lipinski definition) is 5. The zero-order chi connectivity index (χ0) is 20.3. The number of ketones is 1. The Bertz CT molecular complexity index is 899. The summed E-state index contributed by atoms with van der Waals surface area (Å²) < 4.78 is 5.28. The summed E-state index contributed by atoms with van der Waals surface area (Å²) in [5.41, 5.74) is 2.56. The Balaban J connectivity index is 1.61. The number of amides is 2.